The highest BCUT2D eigenvalue weighted by atomic mass is 19.1. The van der Waals surface area contributed by atoms with Gasteiger partial charge in [0.15, 0.2) is 0 Å². The molecule has 0 aliphatic carbocycles. The normalized spacial score (nSPS) is 11.0. The molecule has 0 aliphatic heterocycles. The smallest absolute Gasteiger partial charge is 0.132 e. The van der Waals surface area contributed by atoms with Crippen molar-refractivity contribution in [1.82, 2.24) is 5.32 Å². The molecule has 0 heterocycles. The van der Waals surface area contributed by atoms with Gasteiger partial charge in [-0.15, -0.1) is 0 Å². The summed E-state index contributed by atoms with van der Waals surface area (Å²) < 4.78 is 19.4. The second kappa shape index (κ2) is 6.72. The monoisotopic (exact) mass is 287 g/mol. The lowest BCUT2D eigenvalue weighted by molar-refractivity contribution is 0.467. The van der Waals surface area contributed by atoms with E-state index < -0.39 is 0 Å². The van der Waals surface area contributed by atoms with Gasteiger partial charge in [-0.2, -0.15) is 0 Å². The third kappa shape index (κ3) is 3.82. The molecule has 0 bridgehead atoms. The lowest BCUT2D eigenvalue weighted by Gasteiger charge is -2.15. The molecule has 2 rings (SSSR count). The Morgan fingerprint density at radius 1 is 1.10 bits per heavy atom. The van der Waals surface area contributed by atoms with Crippen LogP contribution in [-0.2, 0) is 6.54 Å². The Bertz CT molecular complexity index is 623. The molecule has 2 aromatic rings. The summed E-state index contributed by atoms with van der Waals surface area (Å²) in [5.74, 6) is 1.71. The van der Waals surface area contributed by atoms with Crippen LogP contribution < -0.4 is 10.1 Å². The molecule has 0 saturated heterocycles. The van der Waals surface area contributed by atoms with Gasteiger partial charge in [0.2, 0.25) is 0 Å². The minimum absolute atomic E-state index is 0.250. The lowest BCUT2D eigenvalue weighted by atomic mass is 10.0. The zero-order chi connectivity index (χ0) is 15.4. The van der Waals surface area contributed by atoms with E-state index in [1.807, 2.05) is 14.0 Å². The average Bonchev–Trinajstić information content (AvgIpc) is 2.44. The van der Waals surface area contributed by atoms with Gasteiger partial charge in [-0.05, 0) is 55.3 Å². The zero-order valence-corrected chi connectivity index (χ0v) is 13.0. The molecule has 0 unspecified atom stereocenters. The SMILES string of the molecule is CNCc1cc(F)ccc1Oc1cc(C(C)C)ccc1C. The van der Waals surface area contributed by atoms with Crippen molar-refractivity contribution >= 4 is 0 Å². The van der Waals surface area contributed by atoms with E-state index in [4.69, 9.17) is 4.74 Å². The fraction of sp³-hybridized carbons (Fsp3) is 0.333. The predicted octanol–water partition coefficient (Wildman–Crippen LogP) is 4.77. The number of ether oxygens (including phenoxy) is 1. The predicted molar refractivity (Wildman–Crippen MR) is 84.5 cm³/mol. The molecule has 2 nitrogen and oxygen atoms in total. The average molecular weight is 287 g/mol. The van der Waals surface area contributed by atoms with Gasteiger partial charge >= 0.3 is 0 Å². The molecule has 0 aliphatic rings. The van der Waals surface area contributed by atoms with Gasteiger partial charge in [0, 0.05) is 12.1 Å². The number of hydrogen-bond donors (Lipinski definition) is 1. The maximum absolute atomic E-state index is 13.4. The number of benzene rings is 2. The summed E-state index contributed by atoms with van der Waals surface area (Å²) in [5, 5.41) is 3.03. The lowest BCUT2D eigenvalue weighted by Crippen LogP contribution is -2.07. The van der Waals surface area contributed by atoms with Gasteiger partial charge in [-0.1, -0.05) is 26.0 Å². The third-order valence-corrected chi connectivity index (χ3v) is 3.49. The molecule has 0 aromatic heterocycles. The van der Waals surface area contributed by atoms with Crippen molar-refractivity contribution in [3.8, 4) is 11.5 Å². The molecular weight excluding hydrogens is 265 g/mol. The van der Waals surface area contributed by atoms with Crippen molar-refractivity contribution in [3.63, 3.8) is 0 Å². The number of hydrogen-bond acceptors (Lipinski definition) is 2. The van der Waals surface area contributed by atoms with Crippen LogP contribution in [0.2, 0.25) is 0 Å². The van der Waals surface area contributed by atoms with Crippen LogP contribution in [-0.4, -0.2) is 7.05 Å². The molecule has 0 saturated carbocycles. The van der Waals surface area contributed by atoms with Crippen molar-refractivity contribution in [2.24, 2.45) is 0 Å². The number of halogens is 1. The standard InChI is InChI=1S/C18H22FNO/c1-12(2)14-6-5-13(3)18(10-14)21-17-8-7-16(19)9-15(17)11-20-4/h5-10,12,20H,11H2,1-4H3. The Hall–Kier alpha value is -1.87. The Kier molecular flexibility index (Phi) is 4.97. The van der Waals surface area contributed by atoms with E-state index >= 15 is 0 Å². The van der Waals surface area contributed by atoms with E-state index in [1.165, 1.54) is 17.7 Å². The van der Waals surface area contributed by atoms with Crippen LogP contribution in [0.5, 0.6) is 11.5 Å². The van der Waals surface area contributed by atoms with Crippen LogP contribution in [0, 0.1) is 12.7 Å². The van der Waals surface area contributed by atoms with Crippen molar-refractivity contribution in [1.29, 1.82) is 0 Å². The van der Waals surface area contributed by atoms with Crippen LogP contribution in [0.1, 0.15) is 36.5 Å². The van der Waals surface area contributed by atoms with E-state index in [0.717, 1.165) is 16.9 Å². The summed E-state index contributed by atoms with van der Waals surface area (Å²) in [6, 6.07) is 10.9. The highest BCUT2D eigenvalue weighted by molar-refractivity contribution is 5.43. The van der Waals surface area contributed by atoms with Gasteiger partial charge < -0.3 is 10.1 Å². The van der Waals surface area contributed by atoms with Gasteiger partial charge in [0.25, 0.3) is 0 Å². The van der Waals surface area contributed by atoms with Gasteiger partial charge in [-0.25, -0.2) is 4.39 Å². The van der Waals surface area contributed by atoms with Gasteiger partial charge in [0.05, 0.1) is 0 Å². The highest BCUT2D eigenvalue weighted by Crippen LogP contribution is 2.31. The topological polar surface area (TPSA) is 21.3 Å². The van der Waals surface area contributed by atoms with Gasteiger partial charge in [-0.3, -0.25) is 0 Å². The van der Waals surface area contributed by atoms with Crippen molar-refractivity contribution < 1.29 is 9.13 Å². The maximum Gasteiger partial charge on any atom is 0.132 e. The summed E-state index contributed by atoms with van der Waals surface area (Å²) in [5.41, 5.74) is 3.11. The number of rotatable bonds is 5. The minimum Gasteiger partial charge on any atom is -0.457 e. The van der Waals surface area contributed by atoms with Crippen molar-refractivity contribution in [2.75, 3.05) is 7.05 Å². The van der Waals surface area contributed by atoms with Crippen LogP contribution in [0.25, 0.3) is 0 Å². The Labute approximate surface area is 126 Å². The van der Waals surface area contributed by atoms with E-state index in [9.17, 15) is 4.39 Å². The molecular formula is C18H22FNO. The first kappa shape index (κ1) is 15.5. The first-order valence-corrected chi connectivity index (χ1v) is 7.22. The quantitative estimate of drug-likeness (QED) is 0.855. The van der Waals surface area contributed by atoms with E-state index in [-0.39, 0.29) is 5.82 Å². The summed E-state index contributed by atoms with van der Waals surface area (Å²) >= 11 is 0. The number of aryl methyl sites for hydroxylation is 1. The Balaban J connectivity index is 2.35. The van der Waals surface area contributed by atoms with Crippen LogP contribution >= 0.6 is 0 Å². The molecule has 112 valence electrons. The largest absolute Gasteiger partial charge is 0.457 e. The van der Waals surface area contributed by atoms with Crippen molar-refractivity contribution in [3.05, 3.63) is 58.9 Å². The van der Waals surface area contributed by atoms with Crippen LogP contribution in [0.15, 0.2) is 36.4 Å². The summed E-state index contributed by atoms with van der Waals surface area (Å²) in [7, 11) is 1.83. The molecule has 0 atom stereocenters. The second-order valence-corrected chi connectivity index (χ2v) is 5.56. The Morgan fingerprint density at radius 2 is 1.86 bits per heavy atom. The van der Waals surface area contributed by atoms with E-state index in [1.54, 1.807) is 6.07 Å². The molecule has 0 spiro atoms. The van der Waals surface area contributed by atoms with Crippen molar-refractivity contribution in [2.45, 2.75) is 33.2 Å². The maximum atomic E-state index is 13.4. The molecule has 0 amide bonds. The van der Waals surface area contributed by atoms with Crippen LogP contribution in [0.3, 0.4) is 0 Å². The third-order valence-electron chi connectivity index (χ3n) is 3.49. The summed E-state index contributed by atoms with van der Waals surface area (Å²) in [4.78, 5) is 0. The fourth-order valence-electron chi connectivity index (χ4n) is 2.18. The fourth-order valence-corrected chi connectivity index (χ4v) is 2.18. The van der Waals surface area contributed by atoms with E-state index in [2.05, 4.69) is 37.4 Å². The second-order valence-electron chi connectivity index (χ2n) is 5.56. The Morgan fingerprint density at radius 3 is 2.52 bits per heavy atom. The first-order chi connectivity index (χ1) is 10.0. The highest BCUT2D eigenvalue weighted by Gasteiger charge is 2.10. The van der Waals surface area contributed by atoms with E-state index in [0.29, 0.717) is 18.2 Å². The molecule has 3 heteroatoms. The first-order valence-electron chi connectivity index (χ1n) is 7.22. The molecule has 0 fully saturated rings. The minimum atomic E-state index is -0.250. The number of nitrogens with one attached hydrogen (secondary N) is 1. The molecule has 1 N–H and O–H groups in total. The summed E-state index contributed by atoms with van der Waals surface area (Å²) in [6.45, 7) is 6.88. The molecule has 0 radical (unpaired) electrons. The molecule has 21 heavy (non-hydrogen) atoms. The molecule has 2 aromatic carbocycles. The van der Waals surface area contributed by atoms with Crippen LogP contribution in [0.4, 0.5) is 4.39 Å². The van der Waals surface area contributed by atoms with Gasteiger partial charge in [0.1, 0.15) is 17.3 Å². The summed E-state index contributed by atoms with van der Waals surface area (Å²) in [6.07, 6.45) is 0. The zero-order valence-electron chi connectivity index (χ0n) is 13.0.